The third-order valence-electron chi connectivity index (χ3n) is 7.28. The average molecular weight is 535 g/mol. The number of ketones is 1. The summed E-state index contributed by atoms with van der Waals surface area (Å²) >= 11 is 0. The molecule has 0 spiro atoms. The van der Waals surface area contributed by atoms with Gasteiger partial charge in [0.25, 0.3) is 11.7 Å². The van der Waals surface area contributed by atoms with Gasteiger partial charge in [-0.25, -0.2) is 4.98 Å². The lowest BCUT2D eigenvalue weighted by molar-refractivity contribution is -0.140. The van der Waals surface area contributed by atoms with Gasteiger partial charge < -0.3 is 24.4 Å². The number of Topliss-reactive ketones (excluding diaryl/α,β-unsaturated/α-hetero) is 1. The molecule has 39 heavy (non-hydrogen) atoms. The summed E-state index contributed by atoms with van der Waals surface area (Å²) in [5.74, 6) is -0.509. The minimum Gasteiger partial charge on any atom is -0.505 e. The summed E-state index contributed by atoms with van der Waals surface area (Å²) < 4.78 is 13.3. The number of pyridine rings is 1. The molecule has 208 valence electrons. The lowest BCUT2D eigenvalue weighted by Crippen LogP contribution is -2.38. The largest absolute Gasteiger partial charge is 0.505 e. The van der Waals surface area contributed by atoms with Crippen LogP contribution in [0.3, 0.4) is 0 Å². The summed E-state index contributed by atoms with van der Waals surface area (Å²) in [5.41, 5.74) is 2.28. The molecular formula is C30H38N4O5. The number of rotatable bonds is 12. The molecule has 9 heteroatoms. The van der Waals surface area contributed by atoms with Crippen LogP contribution in [0.1, 0.15) is 56.6 Å². The zero-order valence-corrected chi connectivity index (χ0v) is 23.4. The monoisotopic (exact) mass is 534 g/mol. The van der Waals surface area contributed by atoms with Gasteiger partial charge in [-0.15, -0.1) is 0 Å². The number of aryl methyl sites for hydroxylation is 1. The van der Waals surface area contributed by atoms with E-state index in [-0.39, 0.29) is 11.3 Å². The molecule has 1 saturated heterocycles. The number of nitrogens with zero attached hydrogens (tertiary/aromatic N) is 4. The molecule has 9 nitrogen and oxygen atoms in total. The maximum atomic E-state index is 13.6. The number of benzene rings is 1. The second kappa shape index (κ2) is 12.3. The van der Waals surface area contributed by atoms with E-state index in [1.807, 2.05) is 24.3 Å². The van der Waals surface area contributed by atoms with Crippen LogP contribution in [0.15, 0.2) is 48.2 Å². The van der Waals surface area contributed by atoms with Crippen molar-refractivity contribution >= 4 is 23.1 Å². The second-order valence-corrected chi connectivity index (χ2v) is 9.61. The highest BCUT2D eigenvalue weighted by atomic mass is 16.5. The lowest BCUT2D eigenvalue weighted by atomic mass is 9.96. The maximum Gasteiger partial charge on any atom is 0.295 e. The van der Waals surface area contributed by atoms with E-state index < -0.39 is 17.7 Å². The number of likely N-dealkylation sites (tertiary alicyclic amines) is 1. The van der Waals surface area contributed by atoms with Gasteiger partial charge in [-0.2, -0.15) is 0 Å². The molecule has 0 saturated carbocycles. The molecule has 1 aliphatic rings. The maximum absolute atomic E-state index is 13.6. The number of aliphatic hydroxyl groups is 1. The molecule has 3 heterocycles. The fraction of sp³-hybridized carbons (Fsp3) is 0.433. The summed E-state index contributed by atoms with van der Waals surface area (Å²) in [6.45, 7) is 11.1. The first-order chi connectivity index (χ1) is 18.9. The number of aliphatic hydroxyl groups excluding tert-OH is 1. The van der Waals surface area contributed by atoms with Crippen LogP contribution in [0, 0.1) is 6.92 Å². The number of ether oxygens (including phenoxy) is 2. The van der Waals surface area contributed by atoms with Crippen molar-refractivity contribution in [3.63, 3.8) is 0 Å². The molecule has 1 amide bonds. The van der Waals surface area contributed by atoms with Crippen LogP contribution in [-0.4, -0.2) is 75.9 Å². The summed E-state index contributed by atoms with van der Waals surface area (Å²) in [4.78, 5) is 35.3. The number of hydrogen-bond donors (Lipinski definition) is 1. The number of imidazole rings is 1. The molecule has 1 N–H and O–H groups in total. The molecule has 1 aromatic carbocycles. The van der Waals surface area contributed by atoms with Crippen molar-refractivity contribution in [1.29, 1.82) is 0 Å². The highest BCUT2D eigenvalue weighted by Crippen LogP contribution is 2.42. The molecule has 4 rings (SSSR count). The molecular weight excluding hydrogens is 496 g/mol. The molecule has 1 atom stereocenters. The van der Waals surface area contributed by atoms with E-state index in [2.05, 4.69) is 30.7 Å². The molecule has 0 aliphatic carbocycles. The van der Waals surface area contributed by atoms with Crippen molar-refractivity contribution < 1.29 is 24.2 Å². The number of likely N-dealkylation sites (N-methyl/N-ethyl adjacent to an activating group) is 1. The third kappa shape index (κ3) is 5.49. The van der Waals surface area contributed by atoms with Gasteiger partial charge in [0.2, 0.25) is 0 Å². The minimum absolute atomic E-state index is 0.0370. The number of fused-ring (bicyclic) bond motifs is 1. The predicted molar refractivity (Wildman–Crippen MR) is 150 cm³/mol. The number of aromatic nitrogens is 2. The summed E-state index contributed by atoms with van der Waals surface area (Å²) in [6, 6.07) is 10.1. The number of hydrogen-bond acceptors (Lipinski definition) is 7. The van der Waals surface area contributed by atoms with Crippen molar-refractivity contribution in [2.75, 3.05) is 39.9 Å². The zero-order chi connectivity index (χ0) is 28.1. The SMILES string of the molecule is CCCCOc1ccc(C2/C(=C(\O)c3c(C)nc4ccccn34)C(=O)C(=O)N2CCN(CC)CC)cc1OC. The van der Waals surface area contributed by atoms with Crippen molar-refractivity contribution in [2.45, 2.75) is 46.6 Å². The fourth-order valence-electron chi connectivity index (χ4n) is 5.07. The van der Waals surface area contributed by atoms with E-state index in [0.717, 1.165) is 25.9 Å². The Kier molecular flexibility index (Phi) is 8.91. The predicted octanol–water partition coefficient (Wildman–Crippen LogP) is 4.59. The first kappa shape index (κ1) is 28.2. The third-order valence-corrected chi connectivity index (χ3v) is 7.28. The highest BCUT2D eigenvalue weighted by molar-refractivity contribution is 6.46. The Bertz CT molecular complexity index is 1370. The van der Waals surface area contributed by atoms with Crippen LogP contribution >= 0.6 is 0 Å². The minimum atomic E-state index is -0.798. The van der Waals surface area contributed by atoms with Gasteiger partial charge in [-0.05, 0) is 56.3 Å². The molecule has 1 aliphatic heterocycles. The van der Waals surface area contributed by atoms with Gasteiger partial charge in [0, 0.05) is 19.3 Å². The molecule has 3 aromatic rings. The quantitative estimate of drug-likeness (QED) is 0.157. The Balaban J connectivity index is 1.86. The highest BCUT2D eigenvalue weighted by Gasteiger charge is 2.46. The molecule has 0 bridgehead atoms. The van der Waals surface area contributed by atoms with Crippen LogP contribution < -0.4 is 9.47 Å². The number of methoxy groups -OCH3 is 1. The molecule has 1 unspecified atom stereocenters. The van der Waals surface area contributed by atoms with Gasteiger partial charge in [0.15, 0.2) is 17.3 Å². The van der Waals surface area contributed by atoms with Crippen molar-refractivity contribution in [3.05, 3.63) is 65.1 Å². The van der Waals surface area contributed by atoms with Gasteiger partial charge >= 0.3 is 0 Å². The summed E-state index contributed by atoms with van der Waals surface area (Å²) in [7, 11) is 1.56. The van der Waals surface area contributed by atoms with E-state index in [4.69, 9.17) is 9.47 Å². The fourth-order valence-corrected chi connectivity index (χ4v) is 5.07. The van der Waals surface area contributed by atoms with E-state index >= 15 is 0 Å². The Morgan fingerprint density at radius 2 is 1.87 bits per heavy atom. The normalized spacial score (nSPS) is 17.0. The first-order valence-electron chi connectivity index (χ1n) is 13.6. The average Bonchev–Trinajstić information content (AvgIpc) is 3.41. The second-order valence-electron chi connectivity index (χ2n) is 9.61. The van der Waals surface area contributed by atoms with Crippen molar-refractivity contribution in [3.8, 4) is 11.5 Å². The van der Waals surface area contributed by atoms with Gasteiger partial charge in [-0.3, -0.25) is 14.0 Å². The topological polar surface area (TPSA) is 96.6 Å². The van der Waals surface area contributed by atoms with Crippen LogP contribution in [0.4, 0.5) is 0 Å². The van der Waals surface area contributed by atoms with E-state index in [1.165, 1.54) is 0 Å². The molecule has 2 aromatic heterocycles. The molecule has 1 fully saturated rings. The smallest absolute Gasteiger partial charge is 0.295 e. The van der Waals surface area contributed by atoms with Crippen LogP contribution in [0.5, 0.6) is 11.5 Å². The Morgan fingerprint density at radius 3 is 2.56 bits per heavy atom. The summed E-state index contributed by atoms with van der Waals surface area (Å²) in [5, 5.41) is 11.7. The number of carbonyl (C=O) groups excluding carboxylic acids is 2. The van der Waals surface area contributed by atoms with Gasteiger partial charge in [0.1, 0.15) is 11.3 Å². The number of unbranched alkanes of at least 4 members (excludes halogenated alkanes) is 1. The zero-order valence-electron chi connectivity index (χ0n) is 23.4. The van der Waals surface area contributed by atoms with E-state index in [1.54, 1.807) is 41.7 Å². The van der Waals surface area contributed by atoms with Crippen molar-refractivity contribution in [2.24, 2.45) is 0 Å². The Labute approximate surface area is 229 Å². The Morgan fingerprint density at radius 1 is 1.10 bits per heavy atom. The first-order valence-corrected chi connectivity index (χ1v) is 13.6. The molecule has 0 radical (unpaired) electrons. The van der Waals surface area contributed by atoms with E-state index in [0.29, 0.717) is 53.8 Å². The standard InChI is InChI=1S/C30H38N4O5/c1-6-9-18-39-22-14-13-21(19-23(22)38-5)27-25(29(36)30(37)34(27)17-16-32(7-2)8-3)28(35)26-20(4)31-24-12-10-11-15-33(24)26/h10-15,19,27,35H,6-9,16-18H2,1-5H3/b28-25+. The van der Waals surface area contributed by atoms with Crippen LogP contribution in [0.25, 0.3) is 11.4 Å². The summed E-state index contributed by atoms with van der Waals surface area (Å²) in [6.07, 6.45) is 3.70. The Hall–Kier alpha value is -3.85. The number of amides is 1. The lowest BCUT2D eigenvalue weighted by Gasteiger charge is -2.28. The van der Waals surface area contributed by atoms with Crippen LogP contribution in [0.2, 0.25) is 0 Å². The van der Waals surface area contributed by atoms with Gasteiger partial charge in [-0.1, -0.05) is 39.3 Å². The van der Waals surface area contributed by atoms with E-state index in [9.17, 15) is 14.7 Å². The van der Waals surface area contributed by atoms with Crippen LogP contribution in [-0.2, 0) is 9.59 Å². The number of carbonyl (C=O) groups is 2. The van der Waals surface area contributed by atoms with Gasteiger partial charge in [0.05, 0.1) is 31.0 Å². The van der Waals surface area contributed by atoms with Crippen molar-refractivity contribution in [1.82, 2.24) is 19.2 Å².